The predicted molar refractivity (Wildman–Crippen MR) is 103 cm³/mol. The molecule has 0 fully saturated rings. The molecular weight excluding hydrogens is 373 g/mol. The molecule has 0 aliphatic heterocycles. The van der Waals surface area contributed by atoms with E-state index in [0.717, 1.165) is 0 Å². The lowest BCUT2D eigenvalue weighted by Crippen LogP contribution is -2.07. The lowest BCUT2D eigenvalue weighted by atomic mass is 9.97. The predicted octanol–water partition coefficient (Wildman–Crippen LogP) is 5.00. The fourth-order valence-corrected chi connectivity index (χ4v) is 2.91. The van der Waals surface area contributed by atoms with Crippen molar-refractivity contribution >= 4 is 23.1 Å². The minimum Gasteiger partial charge on any atom is -0.612 e. The minimum atomic E-state index is -0.688. The van der Waals surface area contributed by atoms with Crippen LogP contribution in [0.4, 0.5) is 4.39 Å². The summed E-state index contributed by atoms with van der Waals surface area (Å²) >= 11 is 6.01. The maximum Gasteiger partial charge on any atom is 0.222 e. The molecule has 0 saturated heterocycles. The van der Waals surface area contributed by atoms with Gasteiger partial charge in [-0.3, -0.25) is 0 Å². The first-order chi connectivity index (χ1) is 12.9. The van der Waals surface area contributed by atoms with E-state index in [1.165, 1.54) is 43.5 Å². The number of rotatable bonds is 3. The van der Waals surface area contributed by atoms with E-state index in [0.29, 0.717) is 10.6 Å². The van der Waals surface area contributed by atoms with Crippen molar-refractivity contribution in [3.05, 3.63) is 93.1 Å². The lowest BCUT2D eigenvalue weighted by molar-refractivity contribution is -0.377. The van der Waals surface area contributed by atoms with Gasteiger partial charge in [0, 0.05) is 22.7 Å². The first-order valence-electron chi connectivity index (χ1n) is 7.86. The van der Waals surface area contributed by atoms with Gasteiger partial charge in [-0.25, -0.2) is 4.39 Å². The Morgan fingerprint density at radius 2 is 1.81 bits per heavy atom. The zero-order chi connectivity index (χ0) is 19.6. The van der Waals surface area contributed by atoms with Crippen molar-refractivity contribution in [3.63, 3.8) is 0 Å². The lowest BCUT2D eigenvalue weighted by Gasteiger charge is -2.15. The van der Waals surface area contributed by atoms with Gasteiger partial charge in [0.15, 0.2) is 0 Å². The first kappa shape index (κ1) is 18.5. The molecule has 0 atom stereocenters. The molecule has 27 heavy (non-hydrogen) atoms. The number of nitrogens with zero attached hydrogens (tertiary/aromatic N) is 1. The quantitative estimate of drug-likeness (QED) is 0.457. The molecule has 2 aromatic rings. The molecule has 0 bridgehead atoms. The fraction of sp³-hybridized carbons (Fsp3) is 0.0500. The molecule has 0 heterocycles. The molecule has 1 aliphatic carbocycles. The highest BCUT2D eigenvalue weighted by Gasteiger charge is 2.20. The fourth-order valence-electron chi connectivity index (χ4n) is 2.72. The van der Waals surface area contributed by atoms with Gasteiger partial charge in [0.1, 0.15) is 17.3 Å². The van der Waals surface area contributed by atoms with Crippen molar-refractivity contribution in [2.45, 2.75) is 0 Å². The number of hydrogen-bond donors (Lipinski definition) is 1. The number of allylic oxidation sites excluding steroid dienone is 5. The van der Waals surface area contributed by atoms with Crippen LogP contribution in [0.15, 0.2) is 66.3 Å². The number of benzene rings is 2. The highest BCUT2D eigenvalue weighted by molar-refractivity contribution is 6.30. The Kier molecular flexibility index (Phi) is 5.19. The summed E-state index contributed by atoms with van der Waals surface area (Å²) in [6.45, 7) is 0. The Bertz CT molecular complexity index is 1000. The van der Waals surface area contributed by atoms with Gasteiger partial charge in [-0.15, -0.1) is 0 Å². The summed E-state index contributed by atoms with van der Waals surface area (Å²) in [5, 5.41) is 32.5. The second kappa shape index (κ2) is 7.55. The van der Waals surface area contributed by atoms with E-state index in [1.54, 1.807) is 24.3 Å². The van der Waals surface area contributed by atoms with E-state index < -0.39 is 10.7 Å². The minimum absolute atomic E-state index is 0.0559. The molecule has 0 aromatic heterocycles. The van der Waals surface area contributed by atoms with E-state index >= 15 is 4.39 Å². The van der Waals surface area contributed by atoms with Crippen LogP contribution in [0.1, 0.15) is 5.56 Å². The van der Waals surface area contributed by atoms with Crippen LogP contribution >= 0.6 is 11.6 Å². The number of halogens is 2. The van der Waals surface area contributed by atoms with Crippen LogP contribution in [-0.4, -0.2) is 22.8 Å². The Labute approximate surface area is 159 Å². The number of aliphatic hydroxyl groups is 1. The Morgan fingerprint density at radius 1 is 1.11 bits per heavy atom. The molecular formula is C20H14ClFNO4-. The van der Waals surface area contributed by atoms with Crippen molar-refractivity contribution in [1.29, 1.82) is 0 Å². The SMILES string of the molecule is COc1ccc(C(O)=C2C=CC(=[N+]([O-])[O-])C=C2)c(F)c1-c1cccc(Cl)c1. The van der Waals surface area contributed by atoms with E-state index in [2.05, 4.69) is 0 Å². The summed E-state index contributed by atoms with van der Waals surface area (Å²) in [5.41, 5.74) is 0.726. The number of methoxy groups -OCH3 is 1. The van der Waals surface area contributed by atoms with E-state index in [1.807, 2.05) is 0 Å². The molecule has 0 amide bonds. The van der Waals surface area contributed by atoms with Crippen LogP contribution in [-0.2, 0) is 0 Å². The van der Waals surface area contributed by atoms with Crippen LogP contribution in [0.25, 0.3) is 16.9 Å². The van der Waals surface area contributed by atoms with Gasteiger partial charge in [-0.1, -0.05) is 23.7 Å². The molecule has 7 heteroatoms. The van der Waals surface area contributed by atoms with Crippen molar-refractivity contribution < 1.29 is 19.1 Å². The van der Waals surface area contributed by atoms with Crippen LogP contribution in [0.5, 0.6) is 5.75 Å². The number of hydrogen-bond acceptors (Lipinski definition) is 4. The summed E-state index contributed by atoms with van der Waals surface area (Å²) in [5.74, 6) is -0.740. The Hall–Kier alpha value is -3.25. The third-order valence-corrected chi connectivity index (χ3v) is 4.28. The van der Waals surface area contributed by atoms with Crippen molar-refractivity contribution in [2.24, 2.45) is 0 Å². The summed E-state index contributed by atoms with van der Waals surface area (Å²) in [4.78, 5) is -0.550. The molecule has 5 nitrogen and oxygen atoms in total. The molecule has 0 saturated carbocycles. The molecule has 0 radical (unpaired) electrons. The van der Waals surface area contributed by atoms with Gasteiger partial charge in [0.25, 0.3) is 0 Å². The van der Waals surface area contributed by atoms with Crippen LogP contribution in [0.2, 0.25) is 5.02 Å². The van der Waals surface area contributed by atoms with Crippen molar-refractivity contribution in [1.82, 2.24) is 0 Å². The normalized spacial score (nSPS) is 13.0. The average Bonchev–Trinajstić information content (AvgIpc) is 2.67. The zero-order valence-electron chi connectivity index (χ0n) is 14.1. The zero-order valence-corrected chi connectivity index (χ0v) is 14.9. The van der Waals surface area contributed by atoms with Gasteiger partial charge >= 0.3 is 0 Å². The van der Waals surface area contributed by atoms with Crippen LogP contribution < -0.4 is 4.74 Å². The summed E-state index contributed by atoms with van der Waals surface area (Å²) < 4.78 is 20.5. The van der Waals surface area contributed by atoms with Crippen LogP contribution in [0, 0.1) is 16.2 Å². The largest absolute Gasteiger partial charge is 0.612 e. The van der Waals surface area contributed by atoms with E-state index in [-0.39, 0.29) is 33.9 Å². The van der Waals surface area contributed by atoms with Gasteiger partial charge in [0.05, 0.1) is 18.2 Å². The van der Waals surface area contributed by atoms with Crippen LogP contribution in [0.3, 0.4) is 0 Å². The molecule has 1 N–H and O–H groups in total. The smallest absolute Gasteiger partial charge is 0.222 e. The Morgan fingerprint density at radius 3 is 2.41 bits per heavy atom. The summed E-state index contributed by atoms with van der Waals surface area (Å²) in [7, 11) is 1.42. The highest BCUT2D eigenvalue weighted by atomic mass is 35.5. The molecule has 3 rings (SSSR count). The first-order valence-corrected chi connectivity index (χ1v) is 8.23. The summed E-state index contributed by atoms with van der Waals surface area (Å²) in [6.07, 6.45) is 5.20. The second-order valence-corrected chi connectivity index (χ2v) is 6.10. The maximum absolute atomic E-state index is 15.3. The third-order valence-electron chi connectivity index (χ3n) is 4.04. The summed E-state index contributed by atoms with van der Waals surface area (Å²) in [6, 6.07) is 9.55. The molecule has 0 unspecified atom stereocenters. The van der Waals surface area contributed by atoms with Gasteiger partial charge in [0.2, 0.25) is 5.71 Å². The standard InChI is InChI=1S/C20H14ClFNO4/c1-27-17-10-9-16(19(22)18(17)13-3-2-4-14(21)11-13)20(24)12-5-7-15(8-6-12)23(25)26/h2-11H,1H3,(H-,24,25,26)/q-1. The topological polar surface area (TPSA) is 78.6 Å². The monoisotopic (exact) mass is 386 g/mol. The molecule has 1 aliphatic rings. The average molecular weight is 387 g/mol. The maximum atomic E-state index is 15.3. The van der Waals surface area contributed by atoms with Gasteiger partial charge < -0.3 is 20.3 Å². The highest BCUT2D eigenvalue weighted by Crippen LogP contribution is 2.37. The third kappa shape index (κ3) is 3.66. The van der Waals surface area contributed by atoms with E-state index in [4.69, 9.17) is 16.3 Å². The van der Waals surface area contributed by atoms with E-state index in [9.17, 15) is 15.5 Å². The Balaban J connectivity index is 2.15. The molecule has 138 valence electrons. The van der Waals surface area contributed by atoms with Crippen molar-refractivity contribution in [2.75, 3.05) is 7.11 Å². The molecule has 2 aromatic carbocycles. The number of aliphatic hydroxyl groups excluding tert-OH is 1. The molecule has 0 spiro atoms. The van der Waals surface area contributed by atoms with Gasteiger partial charge in [-0.05, 0) is 42.0 Å². The number of ether oxygens (including phenoxy) is 1. The van der Waals surface area contributed by atoms with Gasteiger partial charge in [-0.2, -0.15) is 4.90 Å². The second-order valence-electron chi connectivity index (χ2n) is 5.67. The van der Waals surface area contributed by atoms with Crippen molar-refractivity contribution in [3.8, 4) is 16.9 Å².